The quantitative estimate of drug-likeness (QED) is 0.817. The molecule has 19 heavy (non-hydrogen) atoms. The van der Waals surface area contributed by atoms with E-state index in [0.29, 0.717) is 18.0 Å². The second-order valence-corrected chi connectivity index (χ2v) is 5.02. The highest BCUT2D eigenvalue weighted by Gasteiger charge is 2.30. The number of para-hydroxylation sites is 1. The molecule has 0 aliphatic carbocycles. The Kier molecular flexibility index (Phi) is 4.09. The lowest BCUT2D eigenvalue weighted by Gasteiger charge is -2.12. The summed E-state index contributed by atoms with van der Waals surface area (Å²) >= 11 is -0.125. The van der Waals surface area contributed by atoms with Crippen LogP contribution in [0.1, 0.15) is 11.5 Å². The van der Waals surface area contributed by atoms with Crippen LogP contribution in [0.4, 0.5) is 18.9 Å². The molecule has 2 nitrogen and oxygen atoms in total. The number of benzene rings is 1. The van der Waals surface area contributed by atoms with Crippen molar-refractivity contribution in [2.75, 3.05) is 5.32 Å². The van der Waals surface area contributed by atoms with E-state index in [1.54, 1.807) is 24.3 Å². The number of rotatable bonds is 4. The van der Waals surface area contributed by atoms with Gasteiger partial charge in [-0.05, 0) is 43.0 Å². The monoisotopic (exact) mass is 287 g/mol. The van der Waals surface area contributed by atoms with Crippen LogP contribution in [0.3, 0.4) is 0 Å². The average molecular weight is 287 g/mol. The number of nitrogens with one attached hydrogen (secondary N) is 1. The van der Waals surface area contributed by atoms with Crippen molar-refractivity contribution < 1.29 is 17.6 Å². The average Bonchev–Trinajstić information content (AvgIpc) is 2.72. The molecule has 0 aliphatic rings. The molecule has 0 atom stereocenters. The van der Waals surface area contributed by atoms with E-state index >= 15 is 0 Å². The minimum absolute atomic E-state index is 0.125. The minimum Gasteiger partial charge on any atom is -0.465 e. The van der Waals surface area contributed by atoms with Gasteiger partial charge in [0.05, 0.1) is 6.54 Å². The van der Waals surface area contributed by atoms with Crippen molar-refractivity contribution in [3.8, 4) is 0 Å². The van der Waals surface area contributed by atoms with Crippen molar-refractivity contribution in [1.29, 1.82) is 0 Å². The second-order valence-electron chi connectivity index (χ2n) is 3.91. The molecule has 102 valence electrons. The number of halogens is 3. The van der Waals surface area contributed by atoms with E-state index < -0.39 is 5.51 Å². The van der Waals surface area contributed by atoms with Crippen molar-refractivity contribution in [2.24, 2.45) is 0 Å². The third-order valence-electron chi connectivity index (χ3n) is 2.36. The Morgan fingerprint density at radius 2 is 1.89 bits per heavy atom. The maximum atomic E-state index is 12.4. The topological polar surface area (TPSA) is 25.2 Å². The van der Waals surface area contributed by atoms with Gasteiger partial charge in [0.1, 0.15) is 11.5 Å². The normalized spacial score (nSPS) is 11.6. The summed E-state index contributed by atoms with van der Waals surface area (Å²) in [5, 5.41) is 2.95. The predicted octanol–water partition coefficient (Wildman–Crippen LogP) is 4.81. The maximum absolute atomic E-state index is 12.4. The lowest BCUT2D eigenvalue weighted by Crippen LogP contribution is -2.03. The Labute approximate surface area is 113 Å². The fourth-order valence-corrected chi connectivity index (χ4v) is 2.23. The highest BCUT2D eigenvalue weighted by atomic mass is 32.2. The first-order chi connectivity index (χ1) is 8.94. The van der Waals surface area contributed by atoms with Crippen LogP contribution < -0.4 is 5.32 Å². The van der Waals surface area contributed by atoms with Gasteiger partial charge >= 0.3 is 5.51 Å². The molecule has 6 heteroatoms. The smallest absolute Gasteiger partial charge is 0.446 e. The molecule has 0 aliphatic heterocycles. The number of furan rings is 1. The number of alkyl halides is 3. The summed E-state index contributed by atoms with van der Waals surface area (Å²) in [4.78, 5) is 0.151. The van der Waals surface area contributed by atoms with Crippen LogP contribution >= 0.6 is 11.8 Å². The summed E-state index contributed by atoms with van der Waals surface area (Å²) in [7, 11) is 0. The summed E-state index contributed by atoms with van der Waals surface area (Å²) < 4.78 is 42.6. The number of anilines is 1. The van der Waals surface area contributed by atoms with Crippen LogP contribution in [0.25, 0.3) is 0 Å². The molecule has 0 unspecified atom stereocenters. The summed E-state index contributed by atoms with van der Waals surface area (Å²) in [5.74, 6) is 1.46. The van der Waals surface area contributed by atoms with Gasteiger partial charge in [-0.1, -0.05) is 12.1 Å². The van der Waals surface area contributed by atoms with E-state index in [1.165, 1.54) is 6.07 Å². The predicted molar refractivity (Wildman–Crippen MR) is 69.1 cm³/mol. The fraction of sp³-hybridized carbons (Fsp3) is 0.231. The molecule has 1 heterocycles. The van der Waals surface area contributed by atoms with E-state index in [9.17, 15) is 13.2 Å². The highest BCUT2D eigenvalue weighted by molar-refractivity contribution is 8.00. The van der Waals surface area contributed by atoms with E-state index in [-0.39, 0.29) is 16.7 Å². The van der Waals surface area contributed by atoms with Crippen LogP contribution in [-0.2, 0) is 6.54 Å². The molecule has 0 fully saturated rings. The fourth-order valence-electron chi connectivity index (χ4n) is 1.59. The third kappa shape index (κ3) is 4.24. The Morgan fingerprint density at radius 3 is 2.53 bits per heavy atom. The first-order valence-electron chi connectivity index (χ1n) is 5.58. The number of thioether (sulfide) groups is 1. The van der Waals surface area contributed by atoms with Gasteiger partial charge in [-0.2, -0.15) is 13.2 Å². The van der Waals surface area contributed by atoms with Crippen LogP contribution in [0.5, 0.6) is 0 Å². The second kappa shape index (κ2) is 5.61. The first-order valence-corrected chi connectivity index (χ1v) is 6.40. The minimum atomic E-state index is -4.29. The molecule has 0 saturated carbocycles. The Hall–Kier alpha value is -1.56. The van der Waals surface area contributed by atoms with Crippen molar-refractivity contribution in [3.05, 3.63) is 47.9 Å². The molecule has 1 N–H and O–H groups in total. The van der Waals surface area contributed by atoms with Crippen LogP contribution in [0.2, 0.25) is 0 Å². The SMILES string of the molecule is Cc1ccc(CNc2ccccc2SC(F)(F)F)o1. The molecule has 0 amide bonds. The van der Waals surface area contributed by atoms with Crippen molar-refractivity contribution in [1.82, 2.24) is 0 Å². The van der Waals surface area contributed by atoms with E-state index in [1.807, 2.05) is 13.0 Å². The largest absolute Gasteiger partial charge is 0.465 e. The highest BCUT2D eigenvalue weighted by Crippen LogP contribution is 2.40. The number of hydrogen-bond acceptors (Lipinski definition) is 3. The van der Waals surface area contributed by atoms with Crippen LogP contribution in [0, 0.1) is 6.92 Å². The zero-order valence-electron chi connectivity index (χ0n) is 10.1. The van der Waals surface area contributed by atoms with Crippen LogP contribution in [0.15, 0.2) is 45.7 Å². The van der Waals surface area contributed by atoms with E-state index in [0.717, 1.165) is 5.76 Å². The van der Waals surface area contributed by atoms with Gasteiger partial charge in [-0.3, -0.25) is 0 Å². The number of aryl methyl sites for hydroxylation is 1. The lowest BCUT2D eigenvalue weighted by molar-refractivity contribution is -0.0327. The molecule has 2 aromatic rings. The molecule has 0 saturated heterocycles. The molecular weight excluding hydrogens is 275 g/mol. The summed E-state index contributed by atoms with van der Waals surface area (Å²) in [6.45, 7) is 2.17. The van der Waals surface area contributed by atoms with Gasteiger partial charge in [-0.15, -0.1) is 0 Å². The maximum Gasteiger partial charge on any atom is 0.446 e. The summed E-state index contributed by atoms with van der Waals surface area (Å²) in [6, 6.07) is 9.93. The van der Waals surface area contributed by atoms with Crippen molar-refractivity contribution in [3.63, 3.8) is 0 Å². The molecule has 2 rings (SSSR count). The molecule has 0 bridgehead atoms. The molecule has 1 aromatic heterocycles. The zero-order valence-corrected chi connectivity index (χ0v) is 10.9. The van der Waals surface area contributed by atoms with Gasteiger partial charge in [0.15, 0.2) is 0 Å². The summed E-state index contributed by atoms with van der Waals surface area (Å²) in [6.07, 6.45) is 0. The Bertz CT molecular complexity index is 551. The molecular formula is C13H12F3NOS. The lowest BCUT2D eigenvalue weighted by atomic mass is 10.3. The molecule has 0 radical (unpaired) electrons. The Morgan fingerprint density at radius 1 is 1.16 bits per heavy atom. The van der Waals surface area contributed by atoms with E-state index in [2.05, 4.69) is 5.32 Å². The standard InChI is InChI=1S/C13H12F3NOS/c1-9-6-7-10(18-9)8-17-11-4-2-3-5-12(11)19-13(14,15)16/h2-7,17H,8H2,1H3. The van der Waals surface area contributed by atoms with Gasteiger partial charge < -0.3 is 9.73 Å². The zero-order chi connectivity index (χ0) is 13.9. The van der Waals surface area contributed by atoms with Crippen LogP contribution in [-0.4, -0.2) is 5.51 Å². The van der Waals surface area contributed by atoms with Crippen molar-refractivity contribution >= 4 is 17.4 Å². The van der Waals surface area contributed by atoms with Gasteiger partial charge in [0, 0.05) is 10.6 Å². The van der Waals surface area contributed by atoms with E-state index in [4.69, 9.17) is 4.42 Å². The molecule has 0 spiro atoms. The summed E-state index contributed by atoms with van der Waals surface area (Å²) in [5.41, 5.74) is -3.85. The first kappa shape index (κ1) is 13.9. The molecule has 1 aromatic carbocycles. The van der Waals surface area contributed by atoms with Gasteiger partial charge in [0.2, 0.25) is 0 Å². The Balaban J connectivity index is 2.07. The van der Waals surface area contributed by atoms with Gasteiger partial charge in [0.25, 0.3) is 0 Å². The van der Waals surface area contributed by atoms with Crippen molar-refractivity contribution in [2.45, 2.75) is 23.9 Å². The third-order valence-corrected chi connectivity index (χ3v) is 3.17. The van der Waals surface area contributed by atoms with Gasteiger partial charge in [-0.25, -0.2) is 0 Å². The number of hydrogen-bond donors (Lipinski definition) is 1.